The van der Waals surface area contributed by atoms with E-state index in [1.807, 2.05) is 19.1 Å². The molecule has 1 aliphatic heterocycles. The zero-order chi connectivity index (χ0) is 19.9. The van der Waals surface area contributed by atoms with E-state index in [1.54, 1.807) is 6.07 Å². The van der Waals surface area contributed by atoms with Crippen LogP contribution >= 0.6 is 11.6 Å². The molecular formula is C21H24ClNO4. The second-order valence-electron chi connectivity index (χ2n) is 7.78. The minimum absolute atomic E-state index is 0.0199. The quantitative estimate of drug-likeness (QED) is 0.787. The number of allylic oxidation sites excluding steroid dienone is 3. The summed E-state index contributed by atoms with van der Waals surface area (Å²) >= 11 is 6.58. The fourth-order valence-electron chi connectivity index (χ4n) is 4.04. The van der Waals surface area contributed by atoms with Gasteiger partial charge in [0.2, 0.25) is 0 Å². The van der Waals surface area contributed by atoms with Crippen LogP contribution in [-0.2, 0) is 14.3 Å². The van der Waals surface area contributed by atoms with Crippen LogP contribution in [0.5, 0.6) is 5.75 Å². The number of hydrogen-bond donors (Lipinski definition) is 1. The molecule has 0 saturated heterocycles. The number of dihydropyridines is 1. The van der Waals surface area contributed by atoms with Crippen molar-refractivity contribution in [3.63, 3.8) is 0 Å². The molecule has 0 radical (unpaired) electrons. The van der Waals surface area contributed by atoms with E-state index in [9.17, 15) is 9.59 Å². The standard InChI is InChI=1S/C21H24ClNO4/c1-11-16(20(25)27-5)17(12-7-6-8-15(26-4)19(12)22)18-13(23-11)9-21(2,3)10-14(18)24/h6-8,17,23H,9-10H2,1-5H3/t17-/m1/s1. The van der Waals surface area contributed by atoms with Gasteiger partial charge in [-0.2, -0.15) is 0 Å². The van der Waals surface area contributed by atoms with Gasteiger partial charge in [-0.15, -0.1) is 0 Å². The first-order chi connectivity index (χ1) is 12.7. The Bertz CT molecular complexity index is 882. The predicted octanol–water partition coefficient (Wildman–Crippen LogP) is 4.13. The fraction of sp³-hybridized carbons (Fsp3) is 0.429. The molecule has 1 atom stereocenters. The first kappa shape index (κ1) is 19.5. The van der Waals surface area contributed by atoms with Crippen molar-refractivity contribution in [2.45, 2.75) is 39.5 Å². The molecule has 0 saturated carbocycles. The number of rotatable bonds is 3. The van der Waals surface area contributed by atoms with Gasteiger partial charge >= 0.3 is 5.97 Å². The van der Waals surface area contributed by atoms with Gasteiger partial charge in [-0.25, -0.2) is 4.79 Å². The van der Waals surface area contributed by atoms with Gasteiger partial charge in [-0.3, -0.25) is 4.79 Å². The number of hydrogen-bond acceptors (Lipinski definition) is 5. The maximum Gasteiger partial charge on any atom is 0.336 e. The molecular weight excluding hydrogens is 366 g/mol. The van der Waals surface area contributed by atoms with Crippen LogP contribution in [0.4, 0.5) is 0 Å². The van der Waals surface area contributed by atoms with Crippen LogP contribution in [0.15, 0.2) is 40.7 Å². The third-order valence-electron chi connectivity index (χ3n) is 5.17. The smallest absolute Gasteiger partial charge is 0.336 e. The molecule has 1 aliphatic carbocycles. The van der Waals surface area contributed by atoms with Crippen molar-refractivity contribution in [1.82, 2.24) is 5.32 Å². The van der Waals surface area contributed by atoms with Crippen LogP contribution in [0.2, 0.25) is 5.02 Å². The van der Waals surface area contributed by atoms with Gasteiger partial charge in [0, 0.05) is 29.3 Å². The Morgan fingerprint density at radius 3 is 2.59 bits per heavy atom. The lowest BCUT2D eigenvalue weighted by molar-refractivity contribution is -0.136. The Labute approximate surface area is 164 Å². The molecule has 1 aromatic carbocycles. The second-order valence-corrected chi connectivity index (χ2v) is 8.16. The predicted molar refractivity (Wildman–Crippen MR) is 104 cm³/mol. The minimum atomic E-state index is -0.583. The Morgan fingerprint density at radius 1 is 1.26 bits per heavy atom. The van der Waals surface area contributed by atoms with E-state index in [1.165, 1.54) is 14.2 Å². The van der Waals surface area contributed by atoms with Crippen LogP contribution in [0.3, 0.4) is 0 Å². The molecule has 27 heavy (non-hydrogen) atoms. The summed E-state index contributed by atoms with van der Waals surface area (Å²) in [6.45, 7) is 5.96. The second kappa shape index (κ2) is 7.04. The number of ketones is 1. The van der Waals surface area contributed by atoms with Crippen molar-refractivity contribution in [3.05, 3.63) is 51.3 Å². The highest BCUT2D eigenvalue weighted by molar-refractivity contribution is 6.33. The summed E-state index contributed by atoms with van der Waals surface area (Å²) in [5, 5.41) is 3.67. The number of methoxy groups -OCH3 is 2. The van der Waals surface area contributed by atoms with Gasteiger partial charge in [0.15, 0.2) is 5.78 Å². The van der Waals surface area contributed by atoms with Crippen molar-refractivity contribution in [2.24, 2.45) is 5.41 Å². The van der Waals surface area contributed by atoms with Crippen molar-refractivity contribution < 1.29 is 19.1 Å². The SMILES string of the molecule is COC(=O)C1=C(C)NC2=C(C(=O)CC(C)(C)C2)[C@@H]1c1cccc(OC)c1Cl. The molecule has 5 nitrogen and oxygen atoms in total. The van der Waals surface area contributed by atoms with Gasteiger partial charge in [0.05, 0.1) is 24.8 Å². The molecule has 0 aromatic heterocycles. The Kier molecular flexibility index (Phi) is 5.08. The molecule has 0 spiro atoms. The number of halogens is 1. The summed E-state index contributed by atoms with van der Waals surface area (Å²) in [6, 6.07) is 5.39. The third kappa shape index (κ3) is 3.36. The molecule has 6 heteroatoms. The van der Waals surface area contributed by atoms with Crippen molar-refractivity contribution in [1.29, 1.82) is 0 Å². The van der Waals surface area contributed by atoms with Gasteiger partial charge in [-0.1, -0.05) is 37.6 Å². The zero-order valence-electron chi connectivity index (χ0n) is 16.2. The van der Waals surface area contributed by atoms with E-state index in [2.05, 4.69) is 19.2 Å². The van der Waals surface area contributed by atoms with Crippen molar-refractivity contribution >= 4 is 23.4 Å². The topological polar surface area (TPSA) is 64.6 Å². The van der Waals surface area contributed by atoms with Crippen LogP contribution in [0, 0.1) is 5.41 Å². The van der Waals surface area contributed by atoms with Crippen LogP contribution in [0.25, 0.3) is 0 Å². The lowest BCUT2D eigenvalue weighted by atomic mass is 9.68. The molecule has 2 aliphatic rings. The molecule has 0 fully saturated rings. The molecule has 1 heterocycles. The third-order valence-corrected chi connectivity index (χ3v) is 5.57. The van der Waals surface area contributed by atoms with E-state index < -0.39 is 11.9 Å². The average Bonchev–Trinajstić information content (AvgIpc) is 2.59. The number of esters is 1. The maximum absolute atomic E-state index is 13.1. The average molecular weight is 390 g/mol. The largest absolute Gasteiger partial charge is 0.495 e. The van der Waals surface area contributed by atoms with Gasteiger partial charge in [0.25, 0.3) is 0 Å². The maximum atomic E-state index is 13.1. The molecule has 0 unspecified atom stereocenters. The fourth-order valence-corrected chi connectivity index (χ4v) is 4.35. The first-order valence-corrected chi connectivity index (χ1v) is 9.22. The number of Topliss-reactive ketones (excluding diaryl/α,β-unsaturated/α-hetero) is 1. The van der Waals surface area contributed by atoms with E-state index >= 15 is 0 Å². The van der Waals surface area contributed by atoms with E-state index in [4.69, 9.17) is 21.1 Å². The van der Waals surface area contributed by atoms with E-state index in [0.29, 0.717) is 39.6 Å². The van der Waals surface area contributed by atoms with Crippen molar-refractivity contribution in [3.8, 4) is 5.75 Å². The lowest BCUT2D eigenvalue weighted by Gasteiger charge is -2.39. The van der Waals surface area contributed by atoms with E-state index in [0.717, 1.165) is 12.1 Å². The summed E-state index contributed by atoms with van der Waals surface area (Å²) < 4.78 is 10.4. The van der Waals surface area contributed by atoms with Crippen LogP contribution in [-0.4, -0.2) is 26.0 Å². The minimum Gasteiger partial charge on any atom is -0.495 e. The summed E-state index contributed by atoms with van der Waals surface area (Å²) in [7, 11) is 2.87. The number of benzene rings is 1. The number of ether oxygens (including phenoxy) is 2. The number of nitrogens with one attached hydrogen (secondary N) is 1. The van der Waals surface area contributed by atoms with Gasteiger partial charge in [0.1, 0.15) is 5.75 Å². The van der Waals surface area contributed by atoms with Crippen LogP contribution in [0.1, 0.15) is 45.1 Å². The Morgan fingerprint density at radius 2 is 1.96 bits per heavy atom. The molecule has 144 valence electrons. The Hall–Kier alpha value is -2.27. The number of carbonyl (C=O) groups excluding carboxylic acids is 2. The summed E-state index contributed by atoms with van der Waals surface area (Å²) in [4.78, 5) is 25.7. The van der Waals surface area contributed by atoms with Gasteiger partial charge in [-0.05, 0) is 30.4 Å². The number of carbonyl (C=O) groups is 2. The normalized spacial score (nSPS) is 21.6. The zero-order valence-corrected chi connectivity index (χ0v) is 17.0. The first-order valence-electron chi connectivity index (χ1n) is 8.85. The van der Waals surface area contributed by atoms with Gasteiger partial charge < -0.3 is 14.8 Å². The molecule has 3 rings (SSSR count). The summed E-state index contributed by atoms with van der Waals surface area (Å²) in [6.07, 6.45) is 1.14. The monoisotopic (exact) mass is 389 g/mol. The molecule has 1 N–H and O–H groups in total. The molecule has 0 amide bonds. The summed E-state index contributed by atoms with van der Waals surface area (Å²) in [5.74, 6) is -0.542. The highest BCUT2D eigenvalue weighted by Crippen LogP contribution is 2.49. The van der Waals surface area contributed by atoms with E-state index in [-0.39, 0.29) is 11.2 Å². The van der Waals surface area contributed by atoms with Crippen LogP contribution < -0.4 is 10.1 Å². The highest BCUT2D eigenvalue weighted by Gasteiger charge is 2.43. The Balaban J connectivity index is 2.26. The molecule has 0 bridgehead atoms. The summed E-state index contributed by atoms with van der Waals surface area (Å²) in [5.41, 5.74) is 3.04. The lowest BCUT2D eigenvalue weighted by Crippen LogP contribution is -2.38. The molecule has 1 aromatic rings. The highest BCUT2D eigenvalue weighted by atomic mass is 35.5. The van der Waals surface area contributed by atoms with Crippen molar-refractivity contribution in [2.75, 3.05) is 14.2 Å².